The van der Waals surface area contributed by atoms with Gasteiger partial charge in [-0.15, -0.1) is 11.3 Å². The maximum absolute atomic E-state index is 12.2. The van der Waals surface area contributed by atoms with Crippen LogP contribution in [-0.4, -0.2) is 19.5 Å². The van der Waals surface area contributed by atoms with Gasteiger partial charge in [-0.3, -0.25) is 4.79 Å². The summed E-state index contributed by atoms with van der Waals surface area (Å²) in [6.07, 6.45) is 0. The minimum absolute atomic E-state index is 0.0482. The third-order valence-electron chi connectivity index (χ3n) is 3.41. The van der Waals surface area contributed by atoms with Crippen LogP contribution in [0.15, 0.2) is 36.4 Å². The highest BCUT2D eigenvalue weighted by atomic mass is 35.5. The van der Waals surface area contributed by atoms with Crippen LogP contribution < -0.4 is 10.2 Å². The zero-order valence-electron chi connectivity index (χ0n) is 12.4. The van der Waals surface area contributed by atoms with Crippen LogP contribution in [0.2, 0.25) is 4.34 Å². The lowest BCUT2D eigenvalue weighted by atomic mass is 10.1. The molecule has 1 aromatic heterocycles. The Bertz CT molecular complexity index is 609. The molecule has 1 atom stereocenters. The number of carbonyl (C=O) groups excluding carboxylic acids is 1. The molecule has 1 heterocycles. The summed E-state index contributed by atoms with van der Waals surface area (Å²) < 4.78 is 0.734. The fourth-order valence-corrected chi connectivity index (χ4v) is 3.03. The fourth-order valence-electron chi connectivity index (χ4n) is 1.96. The molecule has 1 aromatic carbocycles. The van der Waals surface area contributed by atoms with Gasteiger partial charge in [0.15, 0.2) is 0 Å². The van der Waals surface area contributed by atoms with Crippen LogP contribution in [0.3, 0.4) is 0 Å². The van der Waals surface area contributed by atoms with Gasteiger partial charge in [0.2, 0.25) is 0 Å². The normalized spacial score (nSPS) is 12.0. The van der Waals surface area contributed by atoms with Crippen molar-refractivity contribution < 1.29 is 4.79 Å². The number of halogens is 1. The summed E-state index contributed by atoms with van der Waals surface area (Å²) in [4.78, 5) is 15.4. The Morgan fingerprint density at radius 3 is 2.48 bits per heavy atom. The molecule has 0 aliphatic carbocycles. The second-order valence-electron chi connectivity index (χ2n) is 4.90. The first-order valence-corrected chi connectivity index (χ1v) is 8.08. The lowest BCUT2D eigenvalue weighted by Gasteiger charge is -2.17. The number of rotatable bonds is 5. The molecule has 2 rings (SSSR count). The van der Waals surface area contributed by atoms with Crippen LogP contribution in [0.4, 0.5) is 5.69 Å². The number of benzene rings is 1. The molecule has 1 unspecified atom stereocenters. The predicted molar refractivity (Wildman–Crippen MR) is 90.6 cm³/mol. The maximum Gasteiger partial charge on any atom is 0.251 e. The van der Waals surface area contributed by atoms with E-state index in [1.165, 1.54) is 11.3 Å². The number of amides is 1. The number of anilines is 1. The van der Waals surface area contributed by atoms with Gasteiger partial charge < -0.3 is 10.2 Å². The number of nitrogens with zero attached hydrogens (tertiary/aromatic N) is 1. The highest BCUT2D eigenvalue weighted by Gasteiger charge is 2.13. The van der Waals surface area contributed by atoms with Crippen LogP contribution in [0, 0.1) is 0 Å². The molecule has 0 saturated carbocycles. The monoisotopic (exact) mass is 322 g/mol. The van der Waals surface area contributed by atoms with Gasteiger partial charge >= 0.3 is 0 Å². The molecule has 5 heteroatoms. The minimum atomic E-state index is -0.0716. The van der Waals surface area contributed by atoms with E-state index in [4.69, 9.17) is 11.6 Å². The van der Waals surface area contributed by atoms with Crippen molar-refractivity contribution >= 4 is 34.5 Å². The minimum Gasteiger partial charge on any atom is -0.375 e. The van der Waals surface area contributed by atoms with Gasteiger partial charge in [0.25, 0.3) is 5.91 Å². The van der Waals surface area contributed by atoms with Crippen LogP contribution in [0.5, 0.6) is 0 Å². The van der Waals surface area contributed by atoms with E-state index in [0.717, 1.165) is 21.4 Å². The van der Waals surface area contributed by atoms with Crippen molar-refractivity contribution in [2.24, 2.45) is 0 Å². The standard InChI is InChI=1S/C16H19ClN2OS/c1-4-19(3)13-7-5-12(6-8-13)16(20)18-11(2)14-9-10-15(17)21-14/h5-11H,4H2,1-3H3,(H,18,20). The Hall–Kier alpha value is -1.52. The Balaban J connectivity index is 2.03. The van der Waals surface area contributed by atoms with Gasteiger partial charge in [-0.05, 0) is 50.2 Å². The first-order chi connectivity index (χ1) is 10.0. The van der Waals surface area contributed by atoms with Crippen molar-refractivity contribution in [3.8, 4) is 0 Å². The topological polar surface area (TPSA) is 32.3 Å². The number of hydrogen-bond acceptors (Lipinski definition) is 3. The Labute approximate surface area is 134 Å². The summed E-state index contributed by atoms with van der Waals surface area (Å²) >= 11 is 7.41. The lowest BCUT2D eigenvalue weighted by molar-refractivity contribution is 0.0940. The van der Waals surface area contributed by atoms with Crippen molar-refractivity contribution in [2.75, 3.05) is 18.5 Å². The van der Waals surface area contributed by atoms with E-state index in [2.05, 4.69) is 17.1 Å². The van der Waals surface area contributed by atoms with Crippen molar-refractivity contribution in [3.63, 3.8) is 0 Å². The molecular formula is C16H19ClN2OS. The van der Waals surface area contributed by atoms with Gasteiger partial charge in [0.05, 0.1) is 10.4 Å². The Morgan fingerprint density at radius 1 is 1.29 bits per heavy atom. The summed E-state index contributed by atoms with van der Waals surface area (Å²) in [5, 5.41) is 2.99. The second kappa shape index (κ2) is 6.96. The quantitative estimate of drug-likeness (QED) is 0.887. The third kappa shape index (κ3) is 3.99. The highest BCUT2D eigenvalue weighted by Crippen LogP contribution is 2.26. The molecule has 1 amide bonds. The summed E-state index contributed by atoms with van der Waals surface area (Å²) in [6.45, 7) is 4.98. The van der Waals surface area contributed by atoms with Crippen molar-refractivity contribution in [1.82, 2.24) is 5.32 Å². The fraction of sp³-hybridized carbons (Fsp3) is 0.312. The zero-order chi connectivity index (χ0) is 15.4. The second-order valence-corrected chi connectivity index (χ2v) is 6.64. The highest BCUT2D eigenvalue weighted by molar-refractivity contribution is 7.16. The zero-order valence-corrected chi connectivity index (χ0v) is 14.0. The molecule has 21 heavy (non-hydrogen) atoms. The molecule has 112 valence electrons. The van der Waals surface area contributed by atoms with E-state index in [1.807, 2.05) is 50.4 Å². The van der Waals surface area contributed by atoms with E-state index in [-0.39, 0.29) is 11.9 Å². The number of thiophene rings is 1. The molecule has 0 aliphatic rings. The third-order valence-corrected chi connectivity index (χ3v) is 4.83. The lowest BCUT2D eigenvalue weighted by Crippen LogP contribution is -2.26. The Kier molecular flexibility index (Phi) is 5.26. The average Bonchev–Trinajstić information content (AvgIpc) is 2.93. The average molecular weight is 323 g/mol. The first kappa shape index (κ1) is 15.9. The Morgan fingerprint density at radius 2 is 1.95 bits per heavy atom. The molecular weight excluding hydrogens is 304 g/mol. The van der Waals surface area contributed by atoms with Crippen LogP contribution >= 0.6 is 22.9 Å². The van der Waals surface area contributed by atoms with E-state index >= 15 is 0 Å². The summed E-state index contributed by atoms with van der Waals surface area (Å²) in [7, 11) is 2.03. The van der Waals surface area contributed by atoms with E-state index in [0.29, 0.717) is 5.56 Å². The van der Waals surface area contributed by atoms with Crippen LogP contribution in [-0.2, 0) is 0 Å². The summed E-state index contributed by atoms with van der Waals surface area (Å²) in [5.41, 5.74) is 1.77. The van der Waals surface area contributed by atoms with Crippen molar-refractivity contribution in [1.29, 1.82) is 0 Å². The molecule has 1 N–H and O–H groups in total. The molecule has 0 bridgehead atoms. The van der Waals surface area contributed by atoms with Gasteiger partial charge in [-0.2, -0.15) is 0 Å². The van der Waals surface area contributed by atoms with E-state index in [9.17, 15) is 4.79 Å². The molecule has 0 aliphatic heterocycles. The van der Waals surface area contributed by atoms with Crippen LogP contribution in [0.1, 0.15) is 35.1 Å². The molecule has 0 spiro atoms. The first-order valence-electron chi connectivity index (χ1n) is 6.88. The molecule has 3 nitrogen and oxygen atoms in total. The summed E-state index contributed by atoms with van der Waals surface area (Å²) in [6, 6.07) is 11.4. The van der Waals surface area contributed by atoms with E-state index in [1.54, 1.807) is 0 Å². The SMILES string of the molecule is CCN(C)c1ccc(C(=O)NC(C)c2ccc(Cl)s2)cc1. The van der Waals surface area contributed by atoms with Crippen molar-refractivity contribution in [2.45, 2.75) is 19.9 Å². The van der Waals surface area contributed by atoms with Gasteiger partial charge in [-0.25, -0.2) is 0 Å². The number of nitrogens with one attached hydrogen (secondary N) is 1. The molecule has 0 radical (unpaired) electrons. The van der Waals surface area contributed by atoms with E-state index < -0.39 is 0 Å². The van der Waals surface area contributed by atoms with Gasteiger partial charge in [-0.1, -0.05) is 11.6 Å². The number of hydrogen-bond donors (Lipinski definition) is 1. The smallest absolute Gasteiger partial charge is 0.251 e. The molecule has 2 aromatic rings. The van der Waals surface area contributed by atoms with Gasteiger partial charge in [0.1, 0.15) is 0 Å². The summed E-state index contributed by atoms with van der Waals surface area (Å²) in [5.74, 6) is -0.0716. The maximum atomic E-state index is 12.2. The molecule has 0 fully saturated rings. The van der Waals surface area contributed by atoms with Crippen molar-refractivity contribution in [3.05, 3.63) is 51.2 Å². The number of carbonyl (C=O) groups is 1. The predicted octanol–water partition coefficient (Wildman–Crippen LogP) is 4.35. The largest absolute Gasteiger partial charge is 0.375 e. The van der Waals surface area contributed by atoms with Gasteiger partial charge in [0, 0.05) is 29.7 Å². The molecule has 0 saturated heterocycles. The van der Waals surface area contributed by atoms with Crippen LogP contribution in [0.25, 0.3) is 0 Å².